The highest BCUT2D eigenvalue weighted by atomic mass is 35.5. The van der Waals surface area contributed by atoms with Crippen molar-refractivity contribution in [1.82, 2.24) is 4.57 Å². The number of aliphatic carboxylic acids is 1. The monoisotopic (exact) mass is 580 g/mol. The number of nitrogens with one attached hydrogen (secondary N) is 1. The number of aromatic nitrogens is 1. The Balaban J connectivity index is 1.23. The number of ether oxygens (including phenoxy) is 1. The molecule has 8 nitrogen and oxygen atoms in total. The maximum Gasteiger partial charge on any atom is 0.303 e. The Morgan fingerprint density at radius 3 is 2.43 bits per heavy atom. The van der Waals surface area contributed by atoms with E-state index in [1.165, 1.54) is 0 Å². The summed E-state index contributed by atoms with van der Waals surface area (Å²) in [4.78, 5) is 37.0. The van der Waals surface area contributed by atoms with Crippen molar-refractivity contribution in [3.8, 4) is 5.75 Å². The lowest BCUT2D eigenvalue weighted by Crippen LogP contribution is -2.10. The third-order valence-electron chi connectivity index (χ3n) is 7.21. The van der Waals surface area contributed by atoms with Crippen LogP contribution in [0.2, 0.25) is 5.02 Å². The molecule has 9 heteroatoms. The highest BCUT2D eigenvalue weighted by Crippen LogP contribution is 2.37. The number of rotatable bonds is 10. The van der Waals surface area contributed by atoms with E-state index in [-0.39, 0.29) is 31.0 Å². The number of nitrogens with zero attached hydrogens (tertiary/aromatic N) is 1. The van der Waals surface area contributed by atoms with Crippen LogP contribution >= 0.6 is 11.6 Å². The molecule has 0 saturated carbocycles. The topological polar surface area (TPSA) is 111 Å². The van der Waals surface area contributed by atoms with Crippen molar-refractivity contribution in [3.63, 3.8) is 0 Å². The van der Waals surface area contributed by atoms with Gasteiger partial charge in [0.2, 0.25) is 0 Å². The SMILES string of the molecule is COc1cc2c(cc1Nc1ccc(C(=O)Cn3cc(C(=O)CCC(=O)O)c4cc(Cl)ccc43)cc1)oc1ccccc12. The van der Waals surface area contributed by atoms with E-state index in [2.05, 4.69) is 5.32 Å². The first-order valence-electron chi connectivity index (χ1n) is 13.2. The highest BCUT2D eigenvalue weighted by molar-refractivity contribution is 6.31. The van der Waals surface area contributed by atoms with Gasteiger partial charge < -0.3 is 24.1 Å². The number of carbonyl (C=O) groups is 3. The lowest BCUT2D eigenvalue weighted by Gasteiger charge is -2.12. The lowest BCUT2D eigenvalue weighted by atomic mass is 10.1. The van der Waals surface area contributed by atoms with Gasteiger partial charge in [0, 0.05) is 62.2 Å². The van der Waals surface area contributed by atoms with Gasteiger partial charge in [0.25, 0.3) is 0 Å². The molecule has 210 valence electrons. The first kappa shape index (κ1) is 27.1. The molecule has 0 fully saturated rings. The van der Waals surface area contributed by atoms with Crippen LogP contribution in [0.25, 0.3) is 32.8 Å². The molecule has 0 aliphatic heterocycles. The molecule has 6 rings (SSSR count). The van der Waals surface area contributed by atoms with Gasteiger partial charge in [-0.2, -0.15) is 0 Å². The van der Waals surface area contributed by atoms with Gasteiger partial charge in [-0.15, -0.1) is 0 Å². The Hall–Kier alpha value is -5.08. The maximum absolute atomic E-state index is 13.3. The number of para-hydroxylation sites is 1. The minimum atomic E-state index is -1.05. The smallest absolute Gasteiger partial charge is 0.303 e. The molecule has 6 aromatic rings. The Morgan fingerprint density at radius 1 is 0.881 bits per heavy atom. The Bertz CT molecular complexity index is 2010. The predicted molar refractivity (Wildman–Crippen MR) is 162 cm³/mol. The molecule has 0 spiro atoms. The minimum Gasteiger partial charge on any atom is -0.495 e. The zero-order valence-corrected chi connectivity index (χ0v) is 23.3. The van der Waals surface area contributed by atoms with Crippen molar-refractivity contribution in [2.45, 2.75) is 19.4 Å². The molecule has 0 radical (unpaired) electrons. The molecule has 0 saturated heterocycles. The Kier molecular flexibility index (Phi) is 7.14. The third kappa shape index (κ3) is 5.20. The average molecular weight is 581 g/mol. The number of hydrogen-bond acceptors (Lipinski definition) is 6. The van der Waals surface area contributed by atoms with Gasteiger partial charge >= 0.3 is 5.97 Å². The number of carboxylic acid groups (broad SMARTS) is 1. The fourth-order valence-electron chi connectivity index (χ4n) is 5.14. The van der Waals surface area contributed by atoms with Crippen LogP contribution < -0.4 is 10.1 Å². The summed E-state index contributed by atoms with van der Waals surface area (Å²) >= 11 is 6.17. The average Bonchev–Trinajstić information content (AvgIpc) is 3.53. The first-order chi connectivity index (χ1) is 20.3. The van der Waals surface area contributed by atoms with E-state index in [1.807, 2.05) is 48.5 Å². The van der Waals surface area contributed by atoms with Gasteiger partial charge in [0.15, 0.2) is 11.6 Å². The number of anilines is 2. The van der Waals surface area contributed by atoms with Crippen LogP contribution in [0.3, 0.4) is 0 Å². The van der Waals surface area contributed by atoms with Gasteiger partial charge in [-0.3, -0.25) is 14.4 Å². The van der Waals surface area contributed by atoms with Gasteiger partial charge in [-0.1, -0.05) is 29.8 Å². The highest BCUT2D eigenvalue weighted by Gasteiger charge is 2.19. The van der Waals surface area contributed by atoms with Crippen LogP contribution in [0.5, 0.6) is 5.75 Å². The van der Waals surface area contributed by atoms with E-state index in [4.69, 9.17) is 25.9 Å². The second kappa shape index (κ2) is 11.1. The number of methoxy groups -OCH3 is 1. The summed E-state index contributed by atoms with van der Waals surface area (Å²) in [6.07, 6.45) is 1.18. The Labute approximate surface area is 245 Å². The fourth-order valence-corrected chi connectivity index (χ4v) is 5.31. The van der Waals surface area contributed by atoms with E-state index in [1.54, 1.807) is 48.2 Å². The molecular weight excluding hydrogens is 556 g/mol. The number of carbonyl (C=O) groups excluding carboxylic acids is 2. The minimum absolute atomic E-state index is 0.00629. The number of benzene rings is 4. The van der Waals surface area contributed by atoms with Crippen LogP contribution in [-0.4, -0.2) is 34.3 Å². The third-order valence-corrected chi connectivity index (χ3v) is 7.44. The van der Waals surface area contributed by atoms with Crippen molar-refractivity contribution in [2.24, 2.45) is 0 Å². The van der Waals surface area contributed by atoms with Crippen molar-refractivity contribution in [1.29, 1.82) is 0 Å². The van der Waals surface area contributed by atoms with Gasteiger partial charge in [-0.25, -0.2) is 0 Å². The largest absolute Gasteiger partial charge is 0.495 e. The number of carboxylic acids is 1. The number of fused-ring (bicyclic) bond motifs is 4. The lowest BCUT2D eigenvalue weighted by molar-refractivity contribution is -0.136. The van der Waals surface area contributed by atoms with Crippen molar-refractivity contribution >= 4 is 73.4 Å². The standard InChI is InChI=1S/C33H25ClN2O6/c1-41-32-15-24-22-4-2-3-5-30(22)42-31(24)16-26(32)35-21-9-6-19(7-10-21)29(38)18-36-17-25(28(37)12-13-33(39)40)23-14-20(34)8-11-27(23)36/h2-11,14-17,35H,12-13,18H2,1H3,(H,39,40). The molecule has 2 aromatic heterocycles. The summed E-state index contributed by atoms with van der Waals surface area (Å²) in [5.74, 6) is -0.865. The first-order valence-corrected chi connectivity index (χ1v) is 13.6. The van der Waals surface area contributed by atoms with Gasteiger partial charge in [-0.05, 0) is 54.6 Å². The molecule has 0 aliphatic rings. The Morgan fingerprint density at radius 2 is 1.67 bits per heavy atom. The second-order valence-corrected chi connectivity index (χ2v) is 10.4. The zero-order valence-electron chi connectivity index (χ0n) is 22.5. The van der Waals surface area contributed by atoms with E-state index >= 15 is 0 Å². The van der Waals surface area contributed by atoms with Crippen LogP contribution in [0.1, 0.15) is 33.6 Å². The molecule has 42 heavy (non-hydrogen) atoms. The number of hydrogen-bond donors (Lipinski definition) is 2. The van der Waals surface area contributed by atoms with Crippen LogP contribution in [0.15, 0.2) is 89.5 Å². The molecule has 2 heterocycles. The molecule has 0 aliphatic carbocycles. The number of ketones is 2. The summed E-state index contributed by atoms with van der Waals surface area (Å²) in [6, 6.07) is 23.8. The molecule has 0 amide bonds. The van der Waals surface area contributed by atoms with E-state index in [0.717, 1.165) is 33.3 Å². The summed E-state index contributed by atoms with van der Waals surface area (Å²) in [7, 11) is 1.61. The molecule has 0 unspecified atom stereocenters. The number of Topliss-reactive ketones (excluding diaryl/α,β-unsaturated/α-hetero) is 2. The molecule has 2 N–H and O–H groups in total. The van der Waals surface area contributed by atoms with Crippen molar-refractivity contribution in [2.75, 3.05) is 12.4 Å². The van der Waals surface area contributed by atoms with E-state index in [9.17, 15) is 14.4 Å². The maximum atomic E-state index is 13.3. The summed E-state index contributed by atoms with van der Waals surface area (Å²) in [6.45, 7) is -0.00629. The number of furan rings is 1. The predicted octanol–water partition coefficient (Wildman–Crippen LogP) is 7.88. The molecule has 0 bridgehead atoms. The van der Waals surface area contributed by atoms with Gasteiger partial charge in [0.05, 0.1) is 25.8 Å². The number of halogens is 1. The van der Waals surface area contributed by atoms with Crippen LogP contribution in [-0.2, 0) is 11.3 Å². The summed E-state index contributed by atoms with van der Waals surface area (Å²) in [5.41, 5.74) is 4.51. The van der Waals surface area contributed by atoms with E-state index in [0.29, 0.717) is 32.8 Å². The van der Waals surface area contributed by atoms with Crippen LogP contribution in [0, 0.1) is 0 Å². The molecule has 4 aromatic carbocycles. The molecule has 0 atom stereocenters. The van der Waals surface area contributed by atoms with E-state index < -0.39 is 5.97 Å². The second-order valence-electron chi connectivity index (χ2n) is 9.92. The summed E-state index contributed by atoms with van der Waals surface area (Å²) in [5, 5.41) is 15.3. The fraction of sp³-hybridized carbons (Fsp3) is 0.121. The quantitative estimate of drug-likeness (QED) is 0.159. The van der Waals surface area contributed by atoms with Gasteiger partial charge in [0.1, 0.15) is 16.9 Å². The summed E-state index contributed by atoms with van der Waals surface area (Å²) < 4.78 is 13.4. The normalized spacial score (nSPS) is 11.3. The van der Waals surface area contributed by atoms with Crippen molar-refractivity contribution < 1.29 is 28.6 Å². The van der Waals surface area contributed by atoms with Crippen LogP contribution in [0.4, 0.5) is 11.4 Å². The molecular formula is C33H25ClN2O6. The zero-order chi connectivity index (χ0) is 29.4. The van der Waals surface area contributed by atoms with Crippen molar-refractivity contribution in [3.05, 3.63) is 101 Å².